The van der Waals surface area contributed by atoms with Gasteiger partial charge in [0, 0.05) is 5.56 Å². The van der Waals surface area contributed by atoms with E-state index in [0.717, 1.165) is 21.7 Å². The highest BCUT2D eigenvalue weighted by Gasteiger charge is 2.33. The number of carbonyl (C=O) groups is 2. The predicted octanol–water partition coefficient (Wildman–Crippen LogP) is 4.67. The molecule has 0 amide bonds. The topological polar surface area (TPSA) is 61.8 Å². The Balaban J connectivity index is 3.16. The van der Waals surface area contributed by atoms with Crippen molar-refractivity contribution in [2.24, 2.45) is 0 Å². The standard InChI is InChI=1S/C21H26O5Si/c1-13(24-2)19(27(5,6)7)17-15-11-9-8-10-14(15)12-16(20(22)25-3)18(17)21(23)26-4/h8-12H,1-7H3/b19-13-. The van der Waals surface area contributed by atoms with E-state index in [-0.39, 0.29) is 11.1 Å². The molecule has 2 aromatic carbocycles. The number of esters is 2. The number of fused-ring (bicyclic) bond motifs is 1. The third-order valence-corrected chi connectivity index (χ3v) is 6.60. The van der Waals surface area contributed by atoms with E-state index in [0.29, 0.717) is 5.56 Å². The molecule has 6 heteroatoms. The minimum Gasteiger partial charge on any atom is -0.502 e. The predicted molar refractivity (Wildman–Crippen MR) is 110 cm³/mol. The Bertz CT molecular complexity index is 922. The second-order valence-corrected chi connectivity index (χ2v) is 12.3. The van der Waals surface area contributed by atoms with Crippen molar-refractivity contribution in [3.63, 3.8) is 0 Å². The summed E-state index contributed by atoms with van der Waals surface area (Å²) in [5.41, 5.74) is 1.11. The highest BCUT2D eigenvalue weighted by atomic mass is 28.3. The van der Waals surface area contributed by atoms with Crippen LogP contribution in [0.4, 0.5) is 0 Å². The molecule has 0 aliphatic carbocycles. The molecule has 2 aromatic rings. The van der Waals surface area contributed by atoms with Crippen molar-refractivity contribution in [3.8, 4) is 0 Å². The first-order chi connectivity index (χ1) is 12.7. The van der Waals surface area contributed by atoms with Gasteiger partial charge in [0.05, 0.1) is 46.3 Å². The molecular weight excluding hydrogens is 360 g/mol. The van der Waals surface area contributed by atoms with Crippen LogP contribution >= 0.6 is 0 Å². The molecule has 2 rings (SSSR count). The van der Waals surface area contributed by atoms with Crippen LogP contribution in [-0.4, -0.2) is 41.3 Å². The van der Waals surface area contributed by atoms with Gasteiger partial charge in [0.15, 0.2) is 0 Å². The molecule has 0 fully saturated rings. The number of methoxy groups -OCH3 is 3. The Morgan fingerprint density at radius 2 is 1.44 bits per heavy atom. The van der Waals surface area contributed by atoms with Crippen LogP contribution in [0.2, 0.25) is 19.6 Å². The van der Waals surface area contributed by atoms with Crippen LogP contribution in [0.1, 0.15) is 33.2 Å². The summed E-state index contributed by atoms with van der Waals surface area (Å²) in [6.45, 7) is 8.40. The third-order valence-electron chi connectivity index (χ3n) is 4.50. The van der Waals surface area contributed by atoms with Crippen molar-refractivity contribution >= 4 is 36.0 Å². The molecule has 0 atom stereocenters. The fourth-order valence-corrected chi connectivity index (χ4v) is 5.54. The summed E-state index contributed by atoms with van der Waals surface area (Å²) in [6.07, 6.45) is 0. The average molecular weight is 387 g/mol. The van der Waals surface area contributed by atoms with E-state index in [1.165, 1.54) is 14.2 Å². The molecular formula is C21H26O5Si. The molecule has 0 N–H and O–H groups in total. The highest BCUT2D eigenvalue weighted by Crippen LogP contribution is 2.38. The van der Waals surface area contributed by atoms with Crippen LogP contribution in [0.25, 0.3) is 16.0 Å². The Kier molecular flexibility index (Phi) is 6.10. The molecule has 144 valence electrons. The van der Waals surface area contributed by atoms with Gasteiger partial charge in [-0.3, -0.25) is 0 Å². The number of rotatable bonds is 5. The van der Waals surface area contributed by atoms with Crippen molar-refractivity contribution in [3.05, 3.63) is 52.8 Å². The van der Waals surface area contributed by atoms with Gasteiger partial charge in [0.2, 0.25) is 0 Å². The van der Waals surface area contributed by atoms with Crippen molar-refractivity contribution in [2.45, 2.75) is 26.6 Å². The quantitative estimate of drug-likeness (QED) is 0.425. The smallest absolute Gasteiger partial charge is 0.339 e. The van der Waals surface area contributed by atoms with Crippen molar-refractivity contribution in [1.29, 1.82) is 0 Å². The molecule has 0 unspecified atom stereocenters. The molecule has 0 saturated carbocycles. The Labute approximate surface area is 160 Å². The normalized spacial score (nSPS) is 12.4. The lowest BCUT2D eigenvalue weighted by Crippen LogP contribution is -2.27. The molecule has 0 aliphatic heterocycles. The van der Waals surface area contributed by atoms with Crippen LogP contribution in [0.15, 0.2) is 36.1 Å². The summed E-state index contributed by atoms with van der Waals surface area (Å²) in [7, 11) is 2.23. The Morgan fingerprint density at radius 3 is 1.96 bits per heavy atom. The molecule has 0 radical (unpaired) electrons. The average Bonchev–Trinajstić information content (AvgIpc) is 2.65. The van der Waals surface area contributed by atoms with Gasteiger partial charge in [0.1, 0.15) is 0 Å². The maximum atomic E-state index is 12.8. The minimum absolute atomic E-state index is 0.192. The van der Waals surface area contributed by atoms with Crippen molar-refractivity contribution < 1.29 is 23.8 Å². The van der Waals surface area contributed by atoms with Crippen LogP contribution in [0.5, 0.6) is 0 Å². The van der Waals surface area contributed by atoms with Gasteiger partial charge >= 0.3 is 11.9 Å². The van der Waals surface area contributed by atoms with Crippen molar-refractivity contribution in [2.75, 3.05) is 21.3 Å². The second kappa shape index (κ2) is 7.96. The molecule has 0 aliphatic rings. The van der Waals surface area contributed by atoms with Gasteiger partial charge < -0.3 is 14.2 Å². The summed E-state index contributed by atoms with van der Waals surface area (Å²) in [5, 5.41) is 2.69. The zero-order valence-electron chi connectivity index (χ0n) is 16.9. The fourth-order valence-electron chi connectivity index (χ4n) is 3.37. The first kappa shape index (κ1) is 20.7. The van der Waals surface area contributed by atoms with Crippen LogP contribution in [-0.2, 0) is 14.2 Å². The first-order valence-corrected chi connectivity index (χ1v) is 12.2. The summed E-state index contributed by atoms with van der Waals surface area (Å²) in [5.74, 6) is -0.422. The van der Waals surface area contributed by atoms with E-state index in [1.54, 1.807) is 13.2 Å². The Hall–Kier alpha value is -2.60. The van der Waals surface area contributed by atoms with Gasteiger partial charge in [-0.2, -0.15) is 0 Å². The molecule has 5 nitrogen and oxygen atoms in total. The third kappa shape index (κ3) is 3.90. The van der Waals surface area contributed by atoms with E-state index in [9.17, 15) is 9.59 Å². The second-order valence-electron chi connectivity index (χ2n) is 7.26. The lowest BCUT2D eigenvalue weighted by Gasteiger charge is -2.27. The summed E-state index contributed by atoms with van der Waals surface area (Å²) < 4.78 is 15.6. The molecule has 0 aromatic heterocycles. The Morgan fingerprint density at radius 1 is 0.852 bits per heavy atom. The van der Waals surface area contributed by atoms with Gasteiger partial charge in [-0.25, -0.2) is 9.59 Å². The number of carbonyl (C=O) groups excluding carboxylic acids is 2. The largest absolute Gasteiger partial charge is 0.502 e. The van der Waals surface area contributed by atoms with E-state index >= 15 is 0 Å². The maximum absolute atomic E-state index is 12.8. The molecule has 0 heterocycles. The van der Waals surface area contributed by atoms with E-state index in [4.69, 9.17) is 14.2 Å². The number of hydrogen-bond donors (Lipinski definition) is 0. The minimum atomic E-state index is -1.99. The highest BCUT2D eigenvalue weighted by molar-refractivity contribution is 6.94. The maximum Gasteiger partial charge on any atom is 0.339 e. The molecule has 0 bridgehead atoms. The van der Waals surface area contributed by atoms with E-state index in [1.807, 2.05) is 31.2 Å². The lowest BCUT2D eigenvalue weighted by molar-refractivity contribution is 0.0555. The summed E-state index contributed by atoms with van der Waals surface area (Å²) >= 11 is 0. The van der Waals surface area contributed by atoms with Gasteiger partial charge in [-0.15, -0.1) is 0 Å². The summed E-state index contributed by atoms with van der Waals surface area (Å²) in [6, 6.07) is 9.35. The number of ether oxygens (including phenoxy) is 3. The first-order valence-electron chi connectivity index (χ1n) is 8.65. The zero-order chi connectivity index (χ0) is 20.4. The van der Waals surface area contributed by atoms with E-state index < -0.39 is 20.0 Å². The lowest BCUT2D eigenvalue weighted by atomic mass is 9.93. The zero-order valence-corrected chi connectivity index (χ0v) is 17.9. The SMILES string of the molecule is COC(=O)c1cc2ccccc2c(/C(=C(\C)OC)[Si](C)(C)C)c1C(=O)OC. The molecule has 27 heavy (non-hydrogen) atoms. The van der Waals surface area contributed by atoms with Gasteiger partial charge in [-0.1, -0.05) is 43.9 Å². The van der Waals surface area contributed by atoms with Crippen LogP contribution < -0.4 is 0 Å². The van der Waals surface area contributed by atoms with Crippen LogP contribution in [0.3, 0.4) is 0 Å². The van der Waals surface area contributed by atoms with Crippen molar-refractivity contribution in [1.82, 2.24) is 0 Å². The van der Waals surface area contributed by atoms with E-state index in [2.05, 4.69) is 19.6 Å². The molecule has 0 saturated heterocycles. The fraction of sp³-hybridized carbons (Fsp3) is 0.333. The van der Waals surface area contributed by atoms with Gasteiger partial charge in [-0.05, 0) is 29.0 Å². The number of hydrogen-bond acceptors (Lipinski definition) is 5. The number of allylic oxidation sites excluding steroid dienone is 1. The monoisotopic (exact) mass is 386 g/mol. The van der Waals surface area contributed by atoms with Gasteiger partial charge in [0.25, 0.3) is 0 Å². The summed E-state index contributed by atoms with van der Waals surface area (Å²) in [4.78, 5) is 25.3. The van der Waals surface area contributed by atoms with Crippen LogP contribution in [0, 0.1) is 0 Å². The number of benzene rings is 2. The molecule has 0 spiro atoms.